The SMILES string of the molecule is COC(=O)c1ccc(CNC(=O)c2c(C)nn(CC(C)C)c2Cl)cc1. The molecule has 0 spiro atoms. The molecule has 0 saturated carbocycles. The number of carbonyl (C=O) groups is 2. The van der Waals surface area contributed by atoms with Crippen molar-refractivity contribution in [1.29, 1.82) is 0 Å². The second kappa shape index (κ2) is 8.16. The van der Waals surface area contributed by atoms with Crippen LogP contribution in [0.2, 0.25) is 5.15 Å². The zero-order chi connectivity index (χ0) is 18.6. The van der Waals surface area contributed by atoms with Crippen LogP contribution in [0.3, 0.4) is 0 Å². The van der Waals surface area contributed by atoms with Crippen molar-refractivity contribution in [3.05, 3.63) is 51.8 Å². The summed E-state index contributed by atoms with van der Waals surface area (Å²) in [5.74, 6) is -0.286. The molecule has 1 aromatic heterocycles. The van der Waals surface area contributed by atoms with Crippen molar-refractivity contribution in [2.24, 2.45) is 5.92 Å². The maximum Gasteiger partial charge on any atom is 0.337 e. The number of aromatic nitrogens is 2. The molecular formula is C18H22ClN3O3. The number of ether oxygens (including phenoxy) is 1. The van der Waals surface area contributed by atoms with Crippen LogP contribution in [0, 0.1) is 12.8 Å². The molecule has 2 aromatic rings. The summed E-state index contributed by atoms with van der Waals surface area (Å²) in [4.78, 5) is 23.9. The summed E-state index contributed by atoms with van der Waals surface area (Å²) in [6.45, 7) is 6.87. The maximum atomic E-state index is 12.5. The second-order valence-electron chi connectivity index (χ2n) is 6.20. The van der Waals surface area contributed by atoms with Crippen LogP contribution in [0.15, 0.2) is 24.3 Å². The molecule has 0 unspecified atom stereocenters. The molecule has 0 saturated heterocycles. The van der Waals surface area contributed by atoms with Gasteiger partial charge in [-0.15, -0.1) is 0 Å². The number of hydrogen-bond acceptors (Lipinski definition) is 4. The van der Waals surface area contributed by atoms with Gasteiger partial charge in [0.05, 0.1) is 23.9 Å². The van der Waals surface area contributed by atoms with Crippen molar-refractivity contribution >= 4 is 23.5 Å². The van der Waals surface area contributed by atoms with E-state index in [2.05, 4.69) is 29.0 Å². The molecule has 134 valence electrons. The summed E-state index contributed by atoms with van der Waals surface area (Å²) >= 11 is 6.31. The van der Waals surface area contributed by atoms with Crippen LogP contribution in [0.4, 0.5) is 0 Å². The van der Waals surface area contributed by atoms with Crippen LogP contribution in [-0.2, 0) is 17.8 Å². The first-order valence-electron chi connectivity index (χ1n) is 8.01. The fourth-order valence-electron chi connectivity index (χ4n) is 2.43. The van der Waals surface area contributed by atoms with E-state index in [9.17, 15) is 9.59 Å². The van der Waals surface area contributed by atoms with Crippen molar-refractivity contribution in [1.82, 2.24) is 15.1 Å². The maximum absolute atomic E-state index is 12.5. The Bertz CT molecular complexity index is 767. The van der Waals surface area contributed by atoms with E-state index in [4.69, 9.17) is 11.6 Å². The molecule has 2 rings (SSSR count). The van der Waals surface area contributed by atoms with Gasteiger partial charge < -0.3 is 10.1 Å². The van der Waals surface area contributed by atoms with Crippen molar-refractivity contribution in [2.45, 2.75) is 33.9 Å². The number of methoxy groups -OCH3 is 1. The van der Waals surface area contributed by atoms with Gasteiger partial charge in [0.25, 0.3) is 5.91 Å². The third kappa shape index (κ3) is 4.60. The molecule has 25 heavy (non-hydrogen) atoms. The minimum absolute atomic E-state index is 0.269. The highest BCUT2D eigenvalue weighted by Gasteiger charge is 2.20. The Hall–Kier alpha value is -2.34. The van der Waals surface area contributed by atoms with Crippen molar-refractivity contribution in [2.75, 3.05) is 7.11 Å². The number of carbonyl (C=O) groups excluding carboxylic acids is 2. The molecule has 1 heterocycles. The Morgan fingerprint density at radius 3 is 2.48 bits per heavy atom. The van der Waals surface area contributed by atoms with E-state index < -0.39 is 5.97 Å². The predicted molar refractivity (Wildman–Crippen MR) is 95.8 cm³/mol. The Balaban J connectivity index is 2.05. The standard InChI is InChI=1S/C18H22ClN3O3/c1-11(2)10-22-16(19)15(12(3)21-22)17(23)20-9-13-5-7-14(8-6-13)18(24)25-4/h5-8,11H,9-10H2,1-4H3,(H,20,23). The first-order valence-corrected chi connectivity index (χ1v) is 8.39. The average molecular weight is 364 g/mol. The lowest BCUT2D eigenvalue weighted by atomic mass is 10.1. The normalized spacial score (nSPS) is 10.8. The molecule has 0 bridgehead atoms. The highest BCUT2D eigenvalue weighted by molar-refractivity contribution is 6.33. The largest absolute Gasteiger partial charge is 0.465 e. The first kappa shape index (κ1) is 19.0. The predicted octanol–water partition coefficient (Wildman–Crippen LogP) is 3.22. The number of halogens is 1. The van der Waals surface area contributed by atoms with Crippen LogP contribution < -0.4 is 5.32 Å². The van der Waals surface area contributed by atoms with Gasteiger partial charge in [0.2, 0.25) is 0 Å². The first-order chi connectivity index (χ1) is 11.8. The minimum Gasteiger partial charge on any atom is -0.465 e. The van der Waals surface area contributed by atoms with Crippen LogP contribution in [-0.4, -0.2) is 28.8 Å². The van der Waals surface area contributed by atoms with Gasteiger partial charge >= 0.3 is 5.97 Å². The smallest absolute Gasteiger partial charge is 0.337 e. The van der Waals surface area contributed by atoms with Crippen LogP contribution in [0.1, 0.15) is 45.8 Å². The van der Waals surface area contributed by atoms with E-state index in [1.165, 1.54) is 7.11 Å². The number of nitrogens with zero attached hydrogens (tertiary/aromatic N) is 2. The van der Waals surface area contributed by atoms with Gasteiger partial charge in [-0.05, 0) is 30.5 Å². The van der Waals surface area contributed by atoms with Gasteiger partial charge in [-0.25, -0.2) is 4.79 Å². The zero-order valence-corrected chi connectivity index (χ0v) is 15.6. The molecule has 1 N–H and O–H groups in total. The van der Waals surface area contributed by atoms with Gasteiger partial charge in [-0.2, -0.15) is 5.10 Å². The third-order valence-corrected chi connectivity index (χ3v) is 4.04. The second-order valence-corrected chi connectivity index (χ2v) is 6.56. The van der Waals surface area contributed by atoms with Gasteiger partial charge in [-0.3, -0.25) is 9.48 Å². The molecule has 6 nitrogen and oxygen atoms in total. The van der Waals surface area contributed by atoms with Crippen molar-refractivity contribution < 1.29 is 14.3 Å². The zero-order valence-electron chi connectivity index (χ0n) is 14.8. The topological polar surface area (TPSA) is 73.2 Å². The van der Waals surface area contributed by atoms with E-state index in [0.29, 0.717) is 41.0 Å². The number of amides is 1. The van der Waals surface area contributed by atoms with Gasteiger partial charge in [-0.1, -0.05) is 37.6 Å². The third-order valence-electron chi connectivity index (χ3n) is 3.66. The van der Waals surface area contributed by atoms with E-state index in [0.717, 1.165) is 5.56 Å². The van der Waals surface area contributed by atoms with Gasteiger partial charge in [0.1, 0.15) is 5.15 Å². The van der Waals surface area contributed by atoms with E-state index in [1.54, 1.807) is 35.9 Å². The number of rotatable bonds is 6. The molecule has 0 radical (unpaired) electrons. The van der Waals surface area contributed by atoms with E-state index in [-0.39, 0.29) is 5.91 Å². The molecular weight excluding hydrogens is 342 g/mol. The lowest BCUT2D eigenvalue weighted by molar-refractivity contribution is 0.0600. The highest BCUT2D eigenvalue weighted by atomic mass is 35.5. The number of nitrogens with one attached hydrogen (secondary N) is 1. The lowest BCUT2D eigenvalue weighted by Gasteiger charge is -2.07. The van der Waals surface area contributed by atoms with Crippen LogP contribution in [0.5, 0.6) is 0 Å². The van der Waals surface area contributed by atoms with E-state index in [1.807, 2.05) is 0 Å². The summed E-state index contributed by atoms with van der Waals surface area (Å²) in [5.41, 5.74) is 2.33. The summed E-state index contributed by atoms with van der Waals surface area (Å²) in [7, 11) is 1.34. The van der Waals surface area contributed by atoms with Crippen molar-refractivity contribution in [3.63, 3.8) is 0 Å². The number of hydrogen-bond donors (Lipinski definition) is 1. The molecule has 1 aromatic carbocycles. The van der Waals surface area contributed by atoms with Crippen molar-refractivity contribution in [3.8, 4) is 0 Å². The molecule has 1 amide bonds. The number of benzene rings is 1. The Morgan fingerprint density at radius 1 is 1.28 bits per heavy atom. The lowest BCUT2D eigenvalue weighted by Crippen LogP contribution is -2.23. The minimum atomic E-state index is -0.393. The molecule has 0 aliphatic heterocycles. The molecule has 0 aliphatic carbocycles. The fraction of sp³-hybridized carbons (Fsp3) is 0.389. The number of aryl methyl sites for hydroxylation is 1. The summed E-state index contributed by atoms with van der Waals surface area (Å²) in [6.07, 6.45) is 0. The highest BCUT2D eigenvalue weighted by Crippen LogP contribution is 2.21. The Labute approximate surface area is 152 Å². The summed E-state index contributed by atoms with van der Waals surface area (Å²) in [5, 5.41) is 7.52. The van der Waals surface area contributed by atoms with E-state index >= 15 is 0 Å². The van der Waals surface area contributed by atoms with Gasteiger partial charge in [0.15, 0.2) is 0 Å². The molecule has 0 fully saturated rings. The van der Waals surface area contributed by atoms with Gasteiger partial charge in [0, 0.05) is 13.1 Å². The summed E-state index contributed by atoms with van der Waals surface area (Å²) < 4.78 is 6.31. The fourth-order valence-corrected chi connectivity index (χ4v) is 2.75. The number of esters is 1. The quantitative estimate of drug-likeness (QED) is 0.800. The van der Waals surface area contributed by atoms with Crippen LogP contribution >= 0.6 is 11.6 Å². The molecule has 0 atom stereocenters. The Morgan fingerprint density at radius 2 is 1.92 bits per heavy atom. The molecule has 7 heteroatoms. The molecule has 0 aliphatic rings. The monoisotopic (exact) mass is 363 g/mol. The average Bonchev–Trinajstić information content (AvgIpc) is 2.85. The Kier molecular flexibility index (Phi) is 6.20. The van der Waals surface area contributed by atoms with Crippen LogP contribution in [0.25, 0.3) is 0 Å². The summed E-state index contributed by atoms with van der Waals surface area (Å²) in [6, 6.07) is 6.85.